The maximum Gasteiger partial charge on any atom is 0.0665 e. The van der Waals surface area contributed by atoms with Gasteiger partial charge in [-0.05, 0) is 17.7 Å². The number of para-hydroxylation sites is 1. The summed E-state index contributed by atoms with van der Waals surface area (Å²) >= 11 is 1.89. The van der Waals surface area contributed by atoms with Crippen LogP contribution in [0.15, 0.2) is 53.5 Å². The first kappa shape index (κ1) is 10.0. The van der Waals surface area contributed by atoms with E-state index in [1.165, 1.54) is 26.1 Å². The van der Waals surface area contributed by atoms with Crippen LogP contribution in [-0.4, -0.2) is 6.21 Å². The van der Waals surface area contributed by atoms with Crippen molar-refractivity contribution in [1.82, 2.24) is 0 Å². The standard InChI is InChI=1S/C16H11NS/c1-3-7-14-11(5-1)9-16-13(10-17-14)12-6-2-4-8-15(12)18-16/h1-8,10H,9H2. The van der Waals surface area contributed by atoms with Crippen LogP contribution in [0.3, 0.4) is 0 Å². The summed E-state index contributed by atoms with van der Waals surface area (Å²) in [4.78, 5) is 6.05. The molecule has 0 unspecified atom stereocenters. The van der Waals surface area contributed by atoms with Crippen LogP contribution >= 0.6 is 11.3 Å². The molecule has 0 bridgehead atoms. The second-order valence-corrected chi connectivity index (χ2v) is 5.64. The Labute approximate surface area is 109 Å². The zero-order chi connectivity index (χ0) is 11.9. The number of hydrogen-bond acceptors (Lipinski definition) is 2. The zero-order valence-electron chi connectivity index (χ0n) is 9.76. The van der Waals surface area contributed by atoms with Crippen LogP contribution in [0.25, 0.3) is 10.1 Å². The predicted octanol–water partition coefficient (Wildman–Crippen LogP) is 4.56. The lowest BCUT2D eigenvalue weighted by molar-refractivity contribution is 1.24. The van der Waals surface area contributed by atoms with Gasteiger partial charge in [-0.3, -0.25) is 4.99 Å². The fourth-order valence-electron chi connectivity index (χ4n) is 2.48. The summed E-state index contributed by atoms with van der Waals surface area (Å²) < 4.78 is 1.35. The first-order chi connectivity index (χ1) is 8.92. The van der Waals surface area contributed by atoms with Crippen molar-refractivity contribution in [3.63, 3.8) is 0 Å². The highest BCUT2D eigenvalue weighted by Gasteiger charge is 2.14. The smallest absolute Gasteiger partial charge is 0.0665 e. The third kappa shape index (κ3) is 1.42. The molecule has 0 N–H and O–H groups in total. The van der Waals surface area contributed by atoms with Crippen LogP contribution in [0.4, 0.5) is 5.69 Å². The Morgan fingerprint density at radius 2 is 1.78 bits per heavy atom. The summed E-state index contributed by atoms with van der Waals surface area (Å²) in [5.41, 5.74) is 3.72. The van der Waals surface area contributed by atoms with E-state index < -0.39 is 0 Å². The topological polar surface area (TPSA) is 12.4 Å². The van der Waals surface area contributed by atoms with Crippen molar-refractivity contribution in [2.24, 2.45) is 4.99 Å². The minimum Gasteiger partial charge on any atom is -0.256 e. The van der Waals surface area contributed by atoms with E-state index in [0.29, 0.717) is 0 Å². The van der Waals surface area contributed by atoms with E-state index in [2.05, 4.69) is 47.5 Å². The highest BCUT2D eigenvalue weighted by atomic mass is 32.1. The van der Waals surface area contributed by atoms with Gasteiger partial charge in [0.05, 0.1) is 5.69 Å². The Kier molecular flexibility index (Phi) is 2.11. The number of benzene rings is 2. The molecule has 0 amide bonds. The van der Waals surface area contributed by atoms with Crippen LogP contribution in [-0.2, 0) is 6.42 Å². The zero-order valence-corrected chi connectivity index (χ0v) is 10.6. The second-order valence-electron chi connectivity index (χ2n) is 4.50. The fraction of sp³-hybridized carbons (Fsp3) is 0.0625. The van der Waals surface area contributed by atoms with E-state index in [4.69, 9.17) is 0 Å². The van der Waals surface area contributed by atoms with Gasteiger partial charge in [0.15, 0.2) is 0 Å². The molecule has 18 heavy (non-hydrogen) atoms. The minimum atomic E-state index is 0.991. The lowest BCUT2D eigenvalue weighted by Gasteiger charge is -2.00. The molecule has 1 aliphatic heterocycles. The van der Waals surface area contributed by atoms with Gasteiger partial charge in [0, 0.05) is 33.2 Å². The Morgan fingerprint density at radius 3 is 2.78 bits per heavy atom. The maximum atomic E-state index is 4.63. The van der Waals surface area contributed by atoms with Crippen molar-refractivity contribution in [2.75, 3.05) is 0 Å². The second kappa shape index (κ2) is 3.79. The van der Waals surface area contributed by atoms with Gasteiger partial charge in [0.25, 0.3) is 0 Å². The third-order valence-corrected chi connectivity index (χ3v) is 4.57. The minimum absolute atomic E-state index is 0.991. The van der Waals surface area contributed by atoms with Gasteiger partial charge in [-0.15, -0.1) is 11.3 Å². The van der Waals surface area contributed by atoms with Crippen molar-refractivity contribution >= 4 is 33.3 Å². The molecule has 1 nitrogen and oxygen atoms in total. The Balaban J connectivity index is 2.00. The van der Waals surface area contributed by atoms with Crippen LogP contribution in [0.1, 0.15) is 16.0 Å². The molecule has 1 aromatic heterocycles. The molecule has 1 aliphatic rings. The summed E-state index contributed by atoms with van der Waals surface area (Å²) in [5, 5.41) is 1.33. The highest BCUT2D eigenvalue weighted by molar-refractivity contribution is 7.19. The molecule has 0 spiro atoms. The third-order valence-electron chi connectivity index (χ3n) is 3.39. The Bertz CT molecular complexity index is 768. The largest absolute Gasteiger partial charge is 0.256 e. The van der Waals surface area contributed by atoms with Crippen molar-refractivity contribution < 1.29 is 0 Å². The van der Waals surface area contributed by atoms with Crippen molar-refractivity contribution in [2.45, 2.75) is 6.42 Å². The number of thiophene rings is 1. The quantitative estimate of drug-likeness (QED) is 0.433. The molecule has 4 rings (SSSR count). The molecule has 0 saturated carbocycles. The normalized spacial score (nSPS) is 13.1. The molecular formula is C16H11NS. The SMILES string of the molecule is C1=Nc2ccccc2Cc2sc3ccccc3c21. The molecule has 3 aromatic rings. The number of hydrogen-bond donors (Lipinski definition) is 0. The van der Waals surface area contributed by atoms with Gasteiger partial charge in [0.2, 0.25) is 0 Å². The number of nitrogens with zero attached hydrogens (tertiary/aromatic N) is 1. The van der Waals surface area contributed by atoms with E-state index in [1.54, 1.807) is 0 Å². The number of rotatable bonds is 0. The first-order valence-electron chi connectivity index (χ1n) is 6.04. The maximum absolute atomic E-state index is 4.63. The average Bonchev–Trinajstić information content (AvgIpc) is 2.65. The van der Waals surface area contributed by atoms with Gasteiger partial charge in [-0.25, -0.2) is 0 Å². The summed E-state index contributed by atoms with van der Waals surface area (Å²) in [6.45, 7) is 0. The summed E-state index contributed by atoms with van der Waals surface area (Å²) in [6, 6.07) is 17.0. The summed E-state index contributed by atoms with van der Waals surface area (Å²) in [6.07, 6.45) is 3.02. The van der Waals surface area contributed by atoms with Crippen LogP contribution in [0.2, 0.25) is 0 Å². The molecule has 0 saturated heterocycles. The average molecular weight is 249 g/mol. The molecule has 0 atom stereocenters. The Morgan fingerprint density at radius 1 is 0.944 bits per heavy atom. The molecule has 86 valence electrons. The molecule has 0 fully saturated rings. The van der Waals surface area contributed by atoms with E-state index in [0.717, 1.165) is 12.1 Å². The van der Waals surface area contributed by atoms with Crippen molar-refractivity contribution in [3.8, 4) is 0 Å². The Hall–Kier alpha value is -1.93. The van der Waals surface area contributed by atoms with Gasteiger partial charge >= 0.3 is 0 Å². The van der Waals surface area contributed by atoms with Gasteiger partial charge < -0.3 is 0 Å². The highest BCUT2D eigenvalue weighted by Crippen LogP contribution is 2.35. The van der Waals surface area contributed by atoms with Crippen LogP contribution in [0.5, 0.6) is 0 Å². The predicted molar refractivity (Wildman–Crippen MR) is 78.3 cm³/mol. The summed E-state index contributed by atoms with van der Waals surface area (Å²) in [7, 11) is 0. The molecule has 2 aromatic carbocycles. The molecular weight excluding hydrogens is 238 g/mol. The lowest BCUT2D eigenvalue weighted by atomic mass is 10.1. The van der Waals surface area contributed by atoms with E-state index >= 15 is 0 Å². The van der Waals surface area contributed by atoms with E-state index in [9.17, 15) is 0 Å². The van der Waals surface area contributed by atoms with E-state index in [1.807, 2.05) is 23.6 Å². The monoisotopic (exact) mass is 249 g/mol. The number of fused-ring (bicyclic) bond motifs is 4. The molecule has 0 radical (unpaired) electrons. The molecule has 2 heteroatoms. The van der Waals surface area contributed by atoms with E-state index in [-0.39, 0.29) is 0 Å². The van der Waals surface area contributed by atoms with Gasteiger partial charge in [-0.1, -0.05) is 36.4 Å². The fourth-order valence-corrected chi connectivity index (χ4v) is 3.68. The van der Waals surface area contributed by atoms with Crippen molar-refractivity contribution in [1.29, 1.82) is 0 Å². The number of aliphatic imine (C=N–C) groups is 1. The first-order valence-corrected chi connectivity index (χ1v) is 6.86. The van der Waals surface area contributed by atoms with Gasteiger partial charge in [0.1, 0.15) is 0 Å². The van der Waals surface area contributed by atoms with Gasteiger partial charge in [-0.2, -0.15) is 0 Å². The van der Waals surface area contributed by atoms with Crippen LogP contribution in [0, 0.1) is 0 Å². The summed E-state index contributed by atoms with van der Waals surface area (Å²) in [5.74, 6) is 0. The molecule has 0 aliphatic carbocycles. The van der Waals surface area contributed by atoms with Crippen molar-refractivity contribution in [3.05, 3.63) is 64.5 Å². The van der Waals surface area contributed by atoms with Crippen LogP contribution < -0.4 is 0 Å². The molecule has 2 heterocycles. The lowest BCUT2D eigenvalue weighted by Crippen LogP contribution is -1.86.